The van der Waals surface area contributed by atoms with E-state index in [0.29, 0.717) is 32.3 Å². The highest BCUT2D eigenvalue weighted by Gasteiger charge is 2.13. The SMILES string of the molecule is CCOC(=O)c1ccc(Cl)c(NC(=O)CSc2n[nH]c(-c3ccc(Cl)cc3)n2)c1. The molecule has 150 valence electrons. The van der Waals surface area contributed by atoms with Gasteiger partial charge in [-0.1, -0.05) is 35.0 Å². The van der Waals surface area contributed by atoms with Gasteiger partial charge < -0.3 is 10.1 Å². The first-order valence-electron chi connectivity index (χ1n) is 8.54. The molecule has 1 aromatic heterocycles. The van der Waals surface area contributed by atoms with Gasteiger partial charge in [-0.3, -0.25) is 9.89 Å². The summed E-state index contributed by atoms with van der Waals surface area (Å²) in [6.45, 7) is 1.98. The molecule has 1 amide bonds. The van der Waals surface area contributed by atoms with Crippen LogP contribution in [0.5, 0.6) is 0 Å². The van der Waals surface area contributed by atoms with Crippen molar-refractivity contribution in [2.75, 3.05) is 17.7 Å². The van der Waals surface area contributed by atoms with Crippen LogP contribution in [0.15, 0.2) is 47.6 Å². The van der Waals surface area contributed by atoms with Crippen LogP contribution in [0.25, 0.3) is 11.4 Å². The van der Waals surface area contributed by atoms with Gasteiger partial charge in [0.1, 0.15) is 0 Å². The van der Waals surface area contributed by atoms with Gasteiger partial charge in [0.25, 0.3) is 0 Å². The van der Waals surface area contributed by atoms with E-state index >= 15 is 0 Å². The molecule has 0 aliphatic carbocycles. The van der Waals surface area contributed by atoms with Crippen molar-refractivity contribution in [2.45, 2.75) is 12.1 Å². The molecule has 3 aromatic rings. The fourth-order valence-electron chi connectivity index (χ4n) is 2.33. The Hall–Kier alpha value is -2.55. The normalized spacial score (nSPS) is 10.6. The average Bonchev–Trinajstić information content (AvgIpc) is 3.18. The second kappa shape index (κ2) is 9.78. The van der Waals surface area contributed by atoms with Crippen molar-refractivity contribution < 1.29 is 14.3 Å². The number of hydrogen-bond acceptors (Lipinski definition) is 6. The second-order valence-corrected chi connectivity index (χ2v) is 7.51. The van der Waals surface area contributed by atoms with E-state index in [-0.39, 0.29) is 18.3 Å². The third-order valence-corrected chi connectivity index (χ3v) is 5.10. The zero-order valence-electron chi connectivity index (χ0n) is 15.2. The fraction of sp³-hybridized carbons (Fsp3) is 0.158. The molecule has 0 radical (unpaired) electrons. The minimum Gasteiger partial charge on any atom is -0.462 e. The number of carbonyl (C=O) groups is 2. The largest absolute Gasteiger partial charge is 0.462 e. The molecule has 29 heavy (non-hydrogen) atoms. The van der Waals surface area contributed by atoms with Crippen molar-refractivity contribution in [3.8, 4) is 11.4 Å². The predicted octanol–water partition coefficient (Wildman–Crippen LogP) is 4.69. The highest BCUT2D eigenvalue weighted by molar-refractivity contribution is 7.99. The zero-order valence-corrected chi connectivity index (χ0v) is 17.6. The molecule has 0 atom stereocenters. The predicted molar refractivity (Wildman–Crippen MR) is 114 cm³/mol. The van der Waals surface area contributed by atoms with E-state index in [4.69, 9.17) is 27.9 Å². The first-order valence-corrected chi connectivity index (χ1v) is 10.3. The van der Waals surface area contributed by atoms with E-state index in [1.807, 2.05) is 12.1 Å². The van der Waals surface area contributed by atoms with Gasteiger partial charge in [-0.25, -0.2) is 9.78 Å². The van der Waals surface area contributed by atoms with Gasteiger partial charge in [-0.2, -0.15) is 0 Å². The van der Waals surface area contributed by atoms with E-state index in [1.54, 1.807) is 19.1 Å². The van der Waals surface area contributed by atoms with E-state index in [9.17, 15) is 9.59 Å². The van der Waals surface area contributed by atoms with E-state index in [0.717, 1.165) is 17.3 Å². The minimum atomic E-state index is -0.482. The Kier molecular flexibility index (Phi) is 7.13. The number of halogens is 2. The van der Waals surface area contributed by atoms with Gasteiger partial charge in [0.15, 0.2) is 5.82 Å². The van der Waals surface area contributed by atoms with Crippen molar-refractivity contribution >= 4 is 52.5 Å². The number of H-pyrrole nitrogens is 1. The first kappa shape index (κ1) is 21.2. The molecule has 3 rings (SSSR count). The number of benzene rings is 2. The number of aromatic nitrogens is 3. The number of esters is 1. The van der Waals surface area contributed by atoms with Gasteiger partial charge in [0, 0.05) is 10.6 Å². The first-order chi connectivity index (χ1) is 14.0. The maximum absolute atomic E-state index is 12.3. The number of nitrogens with zero attached hydrogens (tertiary/aromatic N) is 2. The van der Waals surface area contributed by atoms with Crippen molar-refractivity contribution in [2.24, 2.45) is 0 Å². The molecule has 0 fully saturated rings. The summed E-state index contributed by atoms with van der Waals surface area (Å²) in [5.41, 5.74) is 1.47. The number of nitrogens with one attached hydrogen (secondary N) is 2. The number of carbonyl (C=O) groups excluding carboxylic acids is 2. The number of hydrogen-bond donors (Lipinski definition) is 2. The van der Waals surface area contributed by atoms with Crippen LogP contribution < -0.4 is 5.32 Å². The van der Waals surface area contributed by atoms with Gasteiger partial charge in [0.2, 0.25) is 11.1 Å². The lowest BCUT2D eigenvalue weighted by Crippen LogP contribution is -2.15. The molecule has 0 aliphatic rings. The molecule has 0 aliphatic heterocycles. The summed E-state index contributed by atoms with van der Waals surface area (Å²) < 4.78 is 4.95. The van der Waals surface area contributed by atoms with Crippen LogP contribution in [0.1, 0.15) is 17.3 Å². The quantitative estimate of drug-likeness (QED) is 0.400. The molecule has 10 heteroatoms. The smallest absolute Gasteiger partial charge is 0.338 e. The Balaban J connectivity index is 1.60. The fourth-order valence-corrected chi connectivity index (χ4v) is 3.22. The molecule has 0 unspecified atom stereocenters. The van der Waals surface area contributed by atoms with Crippen LogP contribution in [0, 0.1) is 0 Å². The molecule has 1 heterocycles. The third kappa shape index (κ3) is 5.72. The van der Waals surface area contributed by atoms with Crippen LogP contribution in [0.4, 0.5) is 5.69 Å². The van der Waals surface area contributed by atoms with Crippen LogP contribution in [0.3, 0.4) is 0 Å². The topological polar surface area (TPSA) is 97.0 Å². The monoisotopic (exact) mass is 450 g/mol. The van der Waals surface area contributed by atoms with Gasteiger partial charge >= 0.3 is 5.97 Å². The number of ether oxygens (including phenoxy) is 1. The molecule has 2 aromatic carbocycles. The van der Waals surface area contributed by atoms with Crippen LogP contribution in [-0.2, 0) is 9.53 Å². The van der Waals surface area contributed by atoms with Gasteiger partial charge in [0.05, 0.1) is 28.6 Å². The van der Waals surface area contributed by atoms with Gasteiger partial charge in [-0.15, -0.1) is 5.10 Å². The summed E-state index contributed by atoms with van der Waals surface area (Å²) in [6.07, 6.45) is 0. The lowest BCUT2D eigenvalue weighted by molar-refractivity contribution is -0.113. The Morgan fingerprint density at radius 1 is 1.17 bits per heavy atom. The molecule has 2 N–H and O–H groups in total. The Morgan fingerprint density at radius 3 is 2.66 bits per heavy atom. The Bertz CT molecular complexity index is 1020. The lowest BCUT2D eigenvalue weighted by atomic mass is 10.2. The highest BCUT2D eigenvalue weighted by Crippen LogP contribution is 2.25. The molecule has 0 bridgehead atoms. The van der Waals surface area contributed by atoms with Crippen LogP contribution in [0.2, 0.25) is 10.0 Å². The third-order valence-electron chi connectivity index (χ3n) is 3.67. The van der Waals surface area contributed by atoms with Crippen molar-refractivity contribution in [1.82, 2.24) is 15.2 Å². The molecule has 0 saturated heterocycles. The number of anilines is 1. The van der Waals surface area contributed by atoms with E-state index < -0.39 is 5.97 Å². The summed E-state index contributed by atoms with van der Waals surface area (Å²) in [4.78, 5) is 28.5. The van der Waals surface area contributed by atoms with Gasteiger partial charge in [-0.05, 0) is 49.4 Å². The highest BCUT2D eigenvalue weighted by atomic mass is 35.5. The summed E-state index contributed by atoms with van der Waals surface area (Å²) in [6, 6.07) is 11.7. The van der Waals surface area contributed by atoms with E-state index in [1.165, 1.54) is 18.2 Å². The number of rotatable bonds is 7. The summed E-state index contributed by atoms with van der Waals surface area (Å²) >= 11 is 13.2. The molecular formula is C19H16Cl2N4O3S. The molecule has 0 spiro atoms. The number of aromatic amines is 1. The zero-order chi connectivity index (χ0) is 20.8. The van der Waals surface area contributed by atoms with Crippen molar-refractivity contribution in [3.05, 3.63) is 58.1 Å². The van der Waals surface area contributed by atoms with Crippen molar-refractivity contribution in [1.29, 1.82) is 0 Å². The minimum absolute atomic E-state index is 0.0673. The lowest BCUT2D eigenvalue weighted by Gasteiger charge is -2.09. The van der Waals surface area contributed by atoms with Crippen molar-refractivity contribution in [3.63, 3.8) is 0 Å². The second-order valence-electron chi connectivity index (χ2n) is 5.73. The molecule has 0 saturated carbocycles. The maximum atomic E-state index is 12.3. The number of thioether (sulfide) groups is 1. The summed E-state index contributed by atoms with van der Waals surface area (Å²) in [5, 5.41) is 11.0. The van der Waals surface area contributed by atoms with E-state index in [2.05, 4.69) is 20.5 Å². The Labute approximate surface area is 181 Å². The average molecular weight is 451 g/mol. The van der Waals surface area contributed by atoms with Crippen LogP contribution >= 0.6 is 35.0 Å². The summed E-state index contributed by atoms with van der Waals surface area (Å²) in [5.74, 6) is -0.146. The van der Waals surface area contributed by atoms with Crippen LogP contribution in [-0.4, -0.2) is 39.4 Å². The standard InChI is InChI=1S/C19H16Cl2N4O3S/c1-2-28-18(27)12-5-8-14(21)15(9-12)22-16(26)10-29-19-23-17(24-25-19)11-3-6-13(20)7-4-11/h3-9H,2,10H2,1H3,(H,22,26)(H,23,24,25). The maximum Gasteiger partial charge on any atom is 0.338 e. The summed E-state index contributed by atoms with van der Waals surface area (Å²) in [7, 11) is 0. The molecule has 7 nitrogen and oxygen atoms in total. The Morgan fingerprint density at radius 2 is 1.93 bits per heavy atom. The molecular weight excluding hydrogens is 435 g/mol. The number of amides is 1.